The Kier molecular flexibility index (Phi) is 6.31. The van der Waals surface area contributed by atoms with Crippen LogP contribution < -0.4 is 10.6 Å². The van der Waals surface area contributed by atoms with Crippen molar-refractivity contribution < 1.29 is 9.53 Å². The highest BCUT2D eigenvalue weighted by atomic mass is 16.5. The fourth-order valence-electron chi connectivity index (χ4n) is 4.37. The summed E-state index contributed by atoms with van der Waals surface area (Å²) in [4.78, 5) is 31.0. The molecule has 0 spiro atoms. The number of rotatable bonds is 6. The van der Waals surface area contributed by atoms with Gasteiger partial charge in [0, 0.05) is 48.9 Å². The van der Waals surface area contributed by atoms with E-state index < -0.39 is 0 Å². The van der Waals surface area contributed by atoms with Crippen molar-refractivity contribution in [1.29, 1.82) is 0 Å². The normalized spacial score (nSPS) is 18.0. The molecule has 8 heteroatoms. The number of carbonyl (C=O) groups excluding carboxylic acids is 1. The van der Waals surface area contributed by atoms with Crippen LogP contribution in [0.5, 0.6) is 0 Å². The molecule has 2 N–H and O–H groups in total. The van der Waals surface area contributed by atoms with E-state index >= 15 is 0 Å². The van der Waals surface area contributed by atoms with Crippen LogP contribution in [0.1, 0.15) is 31.4 Å². The number of pyridine rings is 2. The van der Waals surface area contributed by atoms with Crippen molar-refractivity contribution in [2.75, 3.05) is 31.6 Å². The van der Waals surface area contributed by atoms with E-state index in [1.807, 2.05) is 18.2 Å². The monoisotopic (exact) mass is 432 g/mol. The van der Waals surface area contributed by atoms with Crippen LogP contribution in [-0.4, -0.2) is 58.1 Å². The summed E-state index contributed by atoms with van der Waals surface area (Å²) in [6.45, 7) is 3.37. The summed E-state index contributed by atoms with van der Waals surface area (Å²) < 4.78 is 5.37. The van der Waals surface area contributed by atoms with Crippen LogP contribution in [0.3, 0.4) is 0 Å². The number of carbonyl (C=O) groups is 1. The number of ketones is 1. The third-order valence-corrected chi connectivity index (χ3v) is 6.25. The van der Waals surface area contributed by atoms with Gasteiger partial charge in [0.25, 0.3) is 0 Å². The molecule has 2 fully saturated rings. The maximum absolute atomic E-state index is 12.6. The fourth-order valence-corrected chi connectivity index (χ4v) is 4.37. The molecule has 8 nitrogen and oxygen atoms in total. The third kappa shape index (κ3) is 4.92. The number of hydrogen-bond acceptors (Lipinski definition) is 8. The van der Waals surface area contributed by atoms with Crippen LogP contribution in [0.25, 0.3) is 22.3 Å². The summed E-state index contributed by atoms with van der Waals surface area (Å²) in [5.74, 6) is 1.08. The van der Waals surface area contributed by atoms with E-state index in [-0.39, 0.29) is 11.7 Å². The first-order valence-electron chi connectivity index (χ1n) is 11.4. The van der Waals surface area contributed by atoms with Crippen molar-refractivity contribution in [2.45, 2.75) is 38.1 Å². The Morgan fingerprint density at radius 2 is 1.88 bits per heavy atom. The minimum Gasteiger partial charge on any atom is -0.381 e. The molecular formula is C24H28N6O2. The van der Waals surface area contributed by atoms with Gasteiger partial charge in [-0.3, -0.25) is 14.8 Å². The molecule has 0 unspecified atom stereocenters. The summed E-state index contributed by atoms with van der Waals surface area (Å²) >= 11 is 0. The standard InChI is InChI=1S/C24H28N6O2/c31-23(16-5-9-32-10-6-16)12-19-11-21-17(13-27-19)1-2-20(29-21)22-14-26-15-24(30-22)28-18-3-7-25-8-4-18/h1-2,11,13-16,18,25H,3-10,12H2,(H,28,30). The van der Waals surface area contributed by atoms with Gasteiger partial charge in [-0.2, -0.15) is 0 Å². The highest BCUT2D eigenvalue weighted by Gasteiger charge is 2.22. The van der Waals surface area contributed by atoms with Crippen LogP contribution in [0.4, 0.5) is 5.82 Å². The molecular weight excluding hydrogens is 404 g/mol. The number of Topliss-reactive ketones (excluding diaryl/α,β-unsaturated/α-hetero) is 1. The lowest BCUT2D eigenvalue weighted by atomic mass is 9.92. The zero-order valence-electron chi connectivity index (χ0n) is 18.1. The summed E-state index contributed by atoms with van der Waals surface area (Å²) in [5.41, 5.74) is 3.05. The molecule has 2 aliphatic heterocycles. The number of aromatic nitrogens is 4. The predicted molar refractivity (Wildman–Crippen MR) is 122 cm³/mol. The largest absolute Gasteiger partial charge is 0.381 e. The van der Waals surface area contributed by atoms with E-state index in [0.29, 0.717) is 25.7 Å². The molecule has 32 heavy (non-hydrogen) atoms. The molecule has 166 valence electrons. The Hall–Kier alpha value is -2.97. The highest BCUT2D eigenvalue weighted by Crippen LogP contribution is 2.22. The Balaban J connectivity index is 1.34. The van der Waals surface area contributed by atoms with Gasteiger partial charge in [-0.25, -0.2) is 9.97 Å². The van der Waals surface area contributed by atoms with Gasteiger partial charge in [-0.15, -0.1) is 0 Å². The Morgan fingerprint density at radius 3 is 2.72 bits per heavy atom. The van der Waals surface area contributed by atoms with Crippen molar-refractivity contribution in [2.24, 2.45) is 5.92 Å². The molecule has 0 radical (unpaired) electrons. The summed E-state index contributed by atoms with van der Waals surface area (Å²) in [6, 6.07) is 6.26. The van der Waals surface area contributed by atoms with Gasteiger partial charge in [-0.05, 0) is 57.0 Å². The molecule has 5 rings (SSSR count). The van der Waals surface area contributed by atoms with Crippen LogP contribution in [0.2, 0.25) is 0 Å². The van der Waals surface area contributed by atoms with E-state index in [1.165, 1.54) is 0 Å². The van der Waals surface area contributed by atoms with E-state index in [9.17, 15) is 4.79 Å². The number of fused-ring (bicyclic) bond motifs is 1. The third-order valence-electron chi connectivity index (χ3n) is 6.25. The zero-order valence-corrected chi connectivity index (χ0v) is 18.1. The molecule has 0 bridgehead atoms. The number of ether oxygens (including phenoxy) is 1. The van der Waals surface area contributed by atoms with E-state index in [0.717, 1.165) is 72.6 Å². The Bertz CT molecular complexity index is 1090. The minimum absolute atomic E-state index is 0.0750. The number of nitrogens with one attached hydrogen (secondary N) is 2. The fraction of sp³-hybridized carbons (Fsp3) is 0.458. The van der Waals surface area contributed by atoms with E-state index in [1.54, 1.807) is 18.6 Å². The first-order chi connectivity index (χ1) is 15.7. The highest BCUT2D eigenvalue weighted by molar-refractivity contribution is 5.85. The number of hydrogen-bond donors (Lipinski definition) is 2. The van der Waals surface area contributed by atoms with Gasteiger partial charge < -0.3 is 15.4 Å². The summed E-state index contributed by atoms with van der Waals surface area (Å²) in [7, 11) is 0. The lowest BCUT2D eigenvalue weighted by Crippen LogP contribution is -2.35. The van der Waals surface area contributed by atoms with Crippen LogP contribution >= 0.6 is 0 Å². The first-order valence-corrected chi connectivity index (χ1v) is 11.4. The predicted octanol–water partition coefficient (Wildman–Crippen LogP) is 2.79. The SMILES string of the molecule is O=C(Cc1cc2nc(-c3cncc(NC4CCNCC4)n3)ccc2cn1)C1CCOCC1. The molecule has 0 aliphatic carbocycles. The molecule has 0 amide bonds. The zero-order chi connectivity index (χ0) is 21.8. The average Bonchev–Trinajstić information content (AvgIpc) is 2.85. The Labute approximate surface area is 187 Å². The van der Waals surface area contributed by atoms with Crippen molar-refractivity contribution >= 4 is 22.5 Å². The second-order valence-electron chi connectivity index (χ2n) is 8.55. The molecule has 0 aromatic carbocycles. The van der Waals surface area contributed by atoms with Gasteiger partial charge in [0.2, 0.25) is 0 Å². The second-order valence-corrected chi connectivity index (χ2v) is 8.55. The Morgan fingerprint density at radius 1 is 1.03 bits per heavy atom. The second kappa shape index (κ2) is 9.67. The lowest BCUT2D eigenvalue weighted by molar-refractivity contribution is -0.125. The summed E-state index contributed by atoms with van der Waals surface area (Å²) in [6.07, 6.45) is 9.37. The van der Waals surface area contributed by atoms with Crippen LogP contribution in [0, 0.1) is 5.92 Å². The van der Waals surface area contributed by atoms with Gasteiger partial charge in [-0.1, -0.05) is 0 Å². The van der Waals surface area contributed by atoms with Crippen molar-refractivity contribution in [1.82, 2.24) is 25.3 Å². The number of nitrogens with zero attached hydrogens (tertiary/aromatic N) is 4. The molecule has 2 saturated heterocycles. The van der Waals surface area contributed by atoms with Gasteiger partial charge >= 0.3 is 0 Å². The number of piperidine rings is 1. The molecule has 3 aromatic rings. The number of anilines is 1. The van der Waals surface area contributed by atoms with Crippen LogP contribution in [0.15, 0.2) is 36.8 Å². The first kappa shape index (κ1) is 20.9. The minimum atomic E-state index is 0.0750. The molecule has 2 aliphatic rings. The summed E-state index contributed by atoms with van der Waals surface area (Å²) in [5, 5.41) is 7.80. The van der Waals surface area contributed by atoms with Gasteiger partial charge in [0.1, 0.15) is 17.3 Å². The van der Waals surface area contributed by atoms with Crippen molar-refractivity contribution in [3.63, 3.8) is 0 Å². The topological polar surface area (TPSA) is 102 Å². The molecule has 5 heterocycles. The van der Waals surface area contributed by atoms with Crippen molar-refractivity contribution in [3.8, 4) is 11.4 Å². The maximum atomic E-state index is 12.6. The van der Waals surface area contributed by atoms with Gasteiger partial charge in [0.15, 0.2) is 0 Å². The lowest BCUT2D eigenvalue weighted by Gasteiger charge is -2.24. The van der Waals surface area contributed by atoms with E-state index in [2.05, 4.69) is 20.6 Å². The average molecular weight is 433 g/mol. The van der Waals surface area contributed by atoms with Crippen molar-refractivity contribution in [3.05, 3.63) is 42.5 Å². The van der Waals surface area contributed by atoms with E-state index in [4.69, 9.17) is 14.7 Å². The smallest absolute Gasteiger partial charge is 0.145 e. The molecule has 0 atom stereocenters. The van der Waals surface area contributed by atoms with Gasteiger partial charge in [0.05, 0.1) is 23.6 Å². The molecule has 0 saturated carbocycles. The maximum Gasteiger partial charge on any atom is 0.145 e. The quantitative estimate of drug-likeness (QED) is 0.613. The van der Waals surface area contributed by atoms with Crippen LogP contribution in [-0.2, 0) is 16.0 Å². The molecule has 3 aromatic heterocycles.